The van der Waals surface area contributed by atoms with Gasteiger partial charge in [0.15, 0.2) is 5.76 Å². The summed E-state index contributed by atoms with van der Waals surface area (Å²) in [6, 6.07) is 11.4. The van der Waals surface area contributed by atoms with E-state index in [2.05, 4.69) is 15.1 Å². The normalized spacial score (nSPS) is 18.8. The lowest BCUT2D eigenvalue weighted by Crippen LogP contribution is -2.51. The van der Waals surface area contributed by atoms with Gasteiger partial charge in [-0.2, -0.15) is 0 Å². The minimum absolute atomic E-state index is 0.00191. The number of rotatable bonds is 7. The molecule has 3 heterocycles. The Morgan fingerprint density at radius 1 is 1.00 bits per heavy atom. The van der Waals surface area contributed by atoms with Gasteiger partial charge in [-0.05, 0) is 49.7 Å². The molecule has 2 fully saturated rings. The highest BCUT2D eigenvalue weighted by molar-refractivity contribution is 6.31. The van der Waals surface area contributed by atoms with Gasteiger partial charge < -0.3 is 14.6 Å². The van der Waals surface area contributed by atoms with E-state index in [0.29, 0.717) is 45.0 Å². The van der Waals surface area contributed by atoms with E-state index >= 15 is 0 Å². The maximum Gasteiger partial charge on any atom is 0.289 e. The highest BCUT2D eigenvalue weighted by Gasteiger charge is 2.27. The molecule has 1 aromatic carbocycles. The van der Waals surface area contributed by atoms with Crippen molar-refractivity contribution in [1.29, 1.82) is 0 Å². The third-order valence-corrected chi connectivity index (χ3v) is 6.44. The van der Waals surface area contributed by atoms with Crippen LogP contribution in [0.2, 0.25) is 5.02 Å². The van der Waals surface area contributed by atoms with Gasteiger partial charge >= 0.3 is 0 Å². The monoisotopic (exact) mass is 444 g/mol. The van der Waals surface area contributed by atoms with Crippen molar-refractivity contribution in [3.63, 3.8) is 0 Å². The Kier molecular flexibility index (Phi) is 7.27. The lowest BCUT2D eigenvalue weighted by Gasteiger charge is -2.34. The van der Waals surface area contributed by atoms with Gasteiger partial charge in [-0.3, -0.25) is 19.4 Å². The molecule has 8 heteroatoms. The van der Waals surface area contributed by atoms with Crippen molar-refractivity contribution in [2.45, 2.75) is 18.9 Å². The van der Waals surface area contributed by atoms with Crippen molar-refractivity contribution < 1.29 is 14.0 Å². The summed E-state index contributed by atoms with van der Waals surface area (Å²) in [6.07, 6.45) is 3.86. The van der Waals surface area contributed by atoms with Crippen LogP contribution in [0.3, 0.4) is 0 Å². The van der Waals surface area contributed by atoms with Crippen molar-refractivity contribution in [1.82, 2.24) is 20.0 Å². The molecule has 4 rings (SSSR count). The van der Waals surface area contributed by atoms with Gasteiger partial charge in [0, 0.05) is 37.7 Å². The summed E-state index contributed by atoms with van der Waals surface area (Å²) in [5.41, 5.74) is 1.07. The van der Waals surface area contributed by atoms with E-state index in [1.807, 2.05) is 24.3 Å². The lowest BCUT2D eigenvalue weighted by molar-refractivity contribution is -0.122. The van der Waals surface area contributed by atoms with Gasteiger partial charge in [0.25, 0.3) is 5.91 Å². The first kappa shape index (κ1) is 21.9. The van der Waals surface area contributed by atoms with Gasteiger partial charge in [-0.1, -0.05) is 29.8 Å². The van der Waals surface area contributed by atoms with Crippen LogP contribution in [0.1, 0.15) is 35.0 Å². The van der Waals surface area contributed by atoms with E-state index in [1.165, 1.54) is 19.1 Å². The Balaban J connectivity index is 1.27. The van der Waals surface area contributed by atoms with Crippen molar-refractivity contribution >= 4 is 23.4 Å². The van der Waals surface area contributed by atoms with Gasteiger partial charge in [0.1, 0.15) is 0 Å². The summed E-state index contributed by atoms with van der Waals surface area (Å²) < 4.78 is 5.20. The number of furan rings is 1. The molecule has 7 nitrogen and oxygen atoms in total. The number of carbonyl (C=O) groups is 2. The van der Waals surface area contributed by atoms with Crippen LogP contribution in [-0.4, -0.2) is 78.9 Å². The molecule has 0 radical (unpaired) electrons. The van der Waals surface area contributed by atoms with Gasteiger partial charge in [-0.15, -0.1) is 0 Å². The van der Waals surface area contributed by atoms with Crippen LogP contribution in [0.25, 0.3) is 0 Å². The number of nitrogens with zero attached hydrogens (tertiary/aromatic N) is 3. The van der Waals surface area contributed by atoms with Crippen LogP contribution >= 0.6 is 11.6 Å². The minimum atomic E-state index is -0.0951. The number of hydrogen-bond donors (Lipinski definition) is 1. The fourth-order valence-electron chi connectivity index (χ4n) is 4.37. The third-order valence-electron chi connectivity index (χ3n) is 6.10. The van der Waals surface area contributed by atoms with Crippen LogP contribution in [0, 0.1) is 0 Å². The average Bonchev–Trinajstić information content (AvgIpc) is 3.50. The van der Waals surface area contributed by atoms with E-state index in [9.17, 15) is 9.59 Å². The summed E-state index contributed by atoms with van der Waals surface area (Å²) in [5.74, 6) is 0.267. The second-order valence-electron chi connectivity index (χ2n) is 8.13. The predicted octanol–water partition coefficient (Wildman–Crippen LogP) is 2.64. The molecule has 2 saturated heterocycles. The molecular weight excluding hydrogens is 416 g/mol. The van der Waals surface area contributed by atoms with Crippen LogP contribution in [0.4, 0.5) is 0 Å². The smallest absolute Gasteiger partial charge is 0.289 e. The van der Waals surface area contributed by atoms with Crippen LogP contribution in [0.5, 0.6) is 0 Å². The molecule has 2 aromatic rings. The van der Waals surface area contributed by atoms with E-state index < -0.39 is 0 Å². The summed E-state index contributed by atoms with van der Waals surface area (Å²) >= 11 is 6.46. The zero-order valence-corrected chi connectivity index (χ0v) is 18.4. The highest BCUT2D eigenvalue weighted by atomic mass is 35.5. The molecule has 0 saturated carbocycles. The number of piperazine rings is 1. The molecule has 2 aliphatic rings. The summed E-state index contributed by atoms with van der Waals surface area (Å²) in [7, 11) is 0. The summed E-state index contributed by atoms with van der Waals surface area (Å²) in [5, 5.41) is 3.85. The zero-order valence-electron chi connectivity index (χ0n) is 17.6. The van der Waals surface area contributed by atoms with Crippen molar-refractivity contribution in [3.05, 3.63) is 59.0 Å². The van der Waals surface area contributed by atoms with E-state index in [1.54, 1.807) is 17.0 Å². The van der Waals surface area contributed by atoms with Gasteiger partial charge in [0.2, 0.25) is 5.91 Å². The first-order chi connectivity index (χ1) is 15.1. The SMILES string of the molecule is O=C(CN1CCN(C(=O)c2ccco2)CC1)NCC(c1ccccc1Cl)N1CCCC1. The molecule has 0 aliphatic carbocycles. The molecule has 166 valence electrons. The number of halogens is 1. The van der Waals surface area contributed by atoms with Crippen LogP contribution in [0.15, 0.2) is 47.1 Å². The molecule has 1 N–H and O–H groups in total. The quantitative estimate of drug-likeness (QED) is 0.711. The molecule has 2 aliphatic heterocycles. The molecule has 0 spiro atoms. The zero-order chi connectivity index (χ0) is 21.6. The number of carbonyl (C=O) groups excluding carboxylic acids is 2. The second-order valence-corrected chi connectivity index (χ2v) is 8.54. The number of nitrogens with one attached hydrogen (secondary N) is 1. The Morgan fingerprint density at radius 2 is 1.74 bits per heavy atom. The van der Waals surface area contributed by atoms with Crippen molar-refractivity contribution in [2.24, 2.45) is 0 Å². The molecule has 31 heavy (non-hydrogen) atoms. The predicted molar refractivity (Wildman–Crippen MR) is 119 cm³/mol. The number of likely N-dealkylation sites (tertiary alicyclic amines) is 1. The van der Waals surface area contributed by atoms with Crippen LogP contribution < -0.4 is 5.32 Å². The lowest BCUT2D eigenvalue weighted by atomic mass is 10.1. The third kappa shape index (κ3) is 5.47. The van der Waals surface area contributed by atoms with Gasteiger partial charge in [0.05, 0.1) is 18.8 Å². The minimum Gasteiger partial charge on any atom is -0.459 e. The van der Waals surface area contributed by atoms with Gasteiger partial charge in [-0.25, -0.2) is 0 Å². The highest BCUT2D eigenvalue weighted by Crippen LogP contribution is 2.29. The van der Waals surface area contributed by atoms with E-state index in [4.69, 9.17) is 16.0 Å². The molecule has 2 amide bonds. The largest absolute Gasteiger partial charge is 0.459 e. The first-order valence-corrected chi connectivity index (χ1v) is 11.3. The van der Waals surface area contributed by atoms with Crippen molar-refractivity contribution in [3.8, 4) is 0 Å². The first-order valence-electron chi connectivity index (χ1n) is 10.9. The summed E-state index contributed by atoms with van der Waals surface area (Å²) in [4.78, 5) is 31.3. The number of benzene rings is 1. The Bertz CT molecular complexity index is 875. The standard InChI is InChI=1S/C23H29ClN4O3/c24-19-7-2-1-6-18(19)20(27-9-3-4-10-27)16-25-22(29)17-26-11-13-28(14-12-26)23(30)21-8-5-15-31-21/h1-2,5-8,15,20H,3-4,9-14,16-17H2,(H,25,29). The Morgan fingerprint density at radius 3 is 2.42 bits per heavy atom. The fourth-order valence-corrected chi connectivity index (χ4v) is 4.63. The maximum atomic E-state index is 12.6. The Labute approximate surface area is 187 Å². The van der Waals surface area contributed by atoms with Crippen LogP contribution in [-0.2, 0) is 4.79 Å². The number of amides is 2. The topological polar surface area (TPSA) is 69.0 Å². The van der Waals surface area contributed by atoms with E-state index in [-0.39, 0.29) is 17.9 Å². The average molecular weight is 445 g/mol. The molecule has 0 bridgehead atoms. The number of hydrogen-bond acceptors (Lipinski definition) is 5. The van der Waals surface area contributed by atoms with E-state index in [0.717, 1.165) is 23.7 Å². The Hall–Kier alpha value is -2.35. The molecule has 1 unspecified atom stereocenters. The molecular formula is C23H29ClN4O3. The second kappa shape index (κ2) is 10.3. The van der Waals surface area contributed by atoms with Crippen molar-refractivity contribution in [2.75, 3.05) is 52.4 Å². The fraction of sp³-hybridized carbons (Fsp3) is 0.478. The summed E-state index contributed by atoms with van der Waals surface area (Å²) in [6.45, 7) is 5.43. The molecule has 1 aromatic heterocycles. The molecule has 1 atom stereocenters. The maximum absolute atomic E-state index is 12.6.